The van der Waals surface area contributed by atoms with Crippen LogP contribution in [-0.4, -0.2) is 88.6 Å². The molecule has 0 aliphatic rings. The summed E-state index contributed by atoms with van der Waals surface area (Å²) in [7, 11) is 0. The van der Waals surface area contributed by atoms with Crippen LogP contribution in [0.2, 0.25) is 0 Å². The number of nitrogens with one attached hydrogen (secondary N) is 3. The second-order valence-corrected chi connectivity index (χ2v) is 9.11. The Morgan fingerprint density at radius 1 is 0.914 bits per heavy atom. The topological polar surface area (TPSA) is 252 Å². The van der Waals surface area contributed by atoms with Gasteiger partial charge in [-0.1, -0.05) is 13.8 Å². The molecule has 0 aromatic carbocycles. The maximum Gasteiger partial charge on any atom is 0.326 e. The van der Waals surface area contributed by atoms with E-state index < -0.39 is 66.2 Å². The fraction of sp³-hybridized carbons (Fsp3) is 0.700. The van der Waals surface area contributed by atoms with Crippen LogP contribution in [0.3, 0.4) is 0 Å². The van der Waals surface area contributed by atoms with E-state index in [0.29, 0.717) is 12.2 Å². The Labute approximate surface area is 208 Å². The smallest absolute Gasteiger partial charge is 0.326 e. The molecule has 0 bridgehead atoms. The number of carboxylic acids is 2. The van der Waals surface area contributed by atoms with Gasteiger partial charge in [0.15, 0.2) is 5.96 Å². The number of carbonyl (C=O) groups excluding carboxylic acids is 3. The minimum Gasteiger partial charge on any atom is -0.481 e. The third-order valence-corrected chi connectivity index (χ3v) is 5.43. The van der Waals surface area contributed by atoms with Gasteiger partial charge in [0.1, 0.15) is 18.1 Å². The Morgan fingerprint density at radius 3 is 2.00 bits per heavy atom. The lowest BCUT2D eigenvalue weighted by atomic mass is 10.0. The first-order chi connectivity index (χ1) is 16.3. The Kier molecular flexibility index (Phi) is 15.1. The average Bonchev–Trinajstić information content (AvgIpc) is 2.75. The third kappa shape index (κ3) is 13.4. The summed E-state index contributed by atoms with van der Waals surface area (Å²) in [6, 6.07) is -4.74. The van der Waals surface area contributed by atoms with Gasteiger partial charge in [-0.15, -0.1) is 0 Å². The predicted octanol–water partition coefficient (Wildman–Crippen LogP) is -2.21. The van der Waals surface area contributed by atoms with Gasteiger partial charge in [-0.25, -0.2) is 4.79 Å². The van der Waals surface area contributed by atoms with E-state index in [9.17, 15) is 29.1 Å². The van der Waals surface area contributed by atoms with Crippen LogP contribution in [0.25, 0.3) is 0 Å². The normalized spacial score (nSPS) is 14.2. The Morgan fingerprint density at radius 2 is 1.51 bits per heavy atom. The molecule has 4 atom stereocenters. The zero-order valence-electron chi connectivity index (χ0n) is 20.2. The third-order valence-electron chi connectivity index (χ3n) is 4.78. The fourth-order valence-corrected chi connectivity index (χ4v) is 3.35. The molecule has 0 radical (unpaired) electrons. The average molecular weight is 520 g/mol. The molecule has 0 aliphatic carbocycles. The standard InChI is InChI=1S/C20H37N7O7S/c1-10(2)15(27-16(30)11(21)9-14(28)29)18(32)25-12(6-8-35-3)17(31)26-13(19(33)34)5-4-7-24-20(22)23/h10-13,15H,4-9,21H2,1-3H3,(H,25,32)(H,26,31)(H,27,30)(H,28,29)(H,33,34)(H4,22,23,24). The highest BCUT2D eigenvalue weighted by atomic mass is 32.2. The van der Waals surface area contributed by atoms with Crippen molar-refractivity contribution in [3.63, 3.8) is 0 Å². The van der Waals surface area contributed by atoms with Crippen molar-refractivity contribution in [3.05, 3.63) is 0 Å². The molecule has 14 nitrogen and oxygen atoms in total. The second-order valence-electron chi connectivity index (χ2n) is 8.13. The van der Waals surface area contributed by atoms with Crippen LogP contribution in [0.4, 0.5) is 0 Å². The molecule has 0 saturated heterocycles. The number of aliphatic imine (C=N–C) groups is 1. The molecule has 0 rings (SSSR count). The van der Waals surface area contributed by atoms with Crippen LogP contribution in [-0.2, 0) is 24.0 Å². The first kappa shape index (κ1) is 31.9. The molecule has 11 N–H and O–H groups in total. The van der Waals surface area contributed by atoms with E-state index in [4.69, 9.17) is 22.3 Å². The Hall–Kier alpha value is -3.07. The maximum atomic E-state index is 12.9. The number of nitrogens with zero attached hydrogens (tertiary/aromatic N) is 1. The van der Waals surface area contributed by atoms with Gasteiger partial charge in [0.2, 0.25) is 17.7 Å². The van der Waals surface area contributed by atoms with Crippen molar-refractivity contribution < 1.29 is 34.2 Å². The van der Waals surface area contributed by atoms with E-state index in [2.05, 4.69) is 20.9 Å². The van der Waals surface area contributed by atoms with Gasteiger partial charge in [-0.3, -0.25) is 24.2 Å². The molecule has 0 heterocycles. The van der Waals surface area contributed by atoms with Crippen LogP contribution in [0.15, 0.2) is 4.99 Å². The van der Waals surface area contributed by atoms with Gasteiger partial charge in [0.05, 0.1) is 12.5 Å². The minimum atomic E-state index is -1.35. The number of carboxylic acid groups (broad SMARTS) is 2. The molecule has 0 aromatic heterocycles. The second kappa shape index (κ2) is 16.5. The number of aliphatic carboxylic acids is 2. The molecule has 0 fully saturated rings. The predicted molar refractivity (Wildman–Crippen MR) is 131 cm³/mol. The highest BCUT2D eigenvalue weighted by Crippen LogP contribution is 2.08. The zero-order chi connectivity index (χ0) is 27.1. The van der Waals surface area contributed by atoms with Crippen molar-refractivity contribution in [2.75, 3.05) is 18.6 Å². The van der Waals surface area contributed by atoms with Gasteiger partial charge in [-0.05, 0) is 37.2 Å². The highest BCUT2D eigenvalue weighted by Gasteiger charge is 2.31. The summed E-state index contributed by atoms with van der Waals surface area (Å²) < 4.78 is 0. The summed E-state index contributed by atoms with van der Waals surface area (Å²) >= 11 is 1.43. The molecule has 200 valence electrons. The SMILES string of the molecule is CSCCC(NC(=O)C(NC(=O)C(N)CC(=O)O)C(C)C)C(=O)NC(CCCN=C(N)N)C(=O)O. The summed E-state index contributed by atoms with van der Waals surface area (Å²) in [5.41, 5.74) is 16.0. The van der Waals surface area contributed by atoms with Gasteiger partial charge in [0.25, 0.3) is 0 Å². The van der Waals surface area contributed by atoms with E-state index >= 15 is 0 Å². The molecular formula is C20H37N7O7S. The van der Waals surface area contributed by atoms with E-state index in [0.717, 1.165) is 0 Å². The van der Waals surface area contributed by atoms with Crippen LogP contribution in [0.5, 0.6) is 0 Å². The lowest BCUT2D eigenvalue weighted by molar-refractivity contribution is -0.142. The molecule has 0 spiro atoms. The quantitative estimate of drug-likeness (QED) is 0.0580. The van der Waals surface area contributed by atoms with Crippen molar-refractivity contribution in [1.82, 2.24) is 16.0 Å². The molecule has 3 amide bonds. The van der Waals surface area contributed by atoms with Crippen molar-refractivity contribution in [1.29, 1.82) is 0 Å². The first-order valence-electron chi connectivity index (χ1n) is 11.0. The molecule has 0 aromatic rings. The number of hydrogen-bond donors (Lipinski definition) is 8. The largest absolute Gasteiger partial charge is 0.481 e. The summed E-state index contributed by atoms with van der Waals surface area (Å²) in [6.07, 6.45) is 1.76. The summed E-state index contributed by atoms with van der Waals surface area (Å²) in [6.45, 7) is 3.50. The number of hydrogen-bond acceptors (Lipinski definition) is 8. The molecule has 15 heteroatoms. The molecule has 0 aliphatic heterocycles. The van der Waals surface area contributed by atoms with Gasteiger partial charge >= 0.3 is 11.9 Å². The molecular weight excluding hydrogens is 482 g/mol. The van der Waals surface area contributed by atoms with Crippen LogP contribution in [0, 0.1) is 5.92 Å². The van der Waals surface area contributed by atoms with Gasteiger partial charge in [-0.2, -0.15) is 11.8 Å². The molecule has 4 unspecified atom stereocenters. The number of thioether (sulfide) groups is 1. The zero-order valence-corrected chi connectivity index (χ0v) is 21.0. The molecule has 35 heavy (non-hydrogen) atoms. The van der Waals surface area contributed by atoms with E-state index in [1.807, 2.05) is 6.26 Å². The summed E-state index contributed by atoms with van der Waals surface area (Å²) in [5.74, 6) is -4.77. The van der Waals surface area contributed by atoms with Crippen molar-refractivity contribution in [2.24, 2.45) is 28.1 Å². The lowest BCUT2D eigenvalue weighted by Crippen LogP contribution is -2.58. The van der Waals surface area contributed by atoms with E-state index in [1.165, 1.54) is 11.8 Å². The van der Waals surface area contributed by atoms with Crippen LogP contribution >= 0.6 is 11.8 Å². The highest BCUT2D eigenvalue weighted by molar-refractivity contribution is 7.98. The Bertz CT molecular complexity index is 775. The monoisotopic (exact) mass is 519 g/mol. The molecule has 0 saturated carbocycles. The number of nitrogens with two attached hydrogens (primary N) is 3. The number of carbonyl (C=O) groups is 5. The van der Waals surface area contributed by atoms with Crippen molar-refractivity contribution in [2.45, 2.75) is 63.7 Å². The number of guanidine groups is 1. The van der Waals surface area contributed by atoms with Crippen molar-refractivity contribution >= 4 is 47.4 Å². The van der Waals surface area contributed by atoms with E-state index in [-0.39, 0.29) is 25.3 Å². The summed E-state index contributed by atoms with van der Waals surface area (Å²) in [4.78, 5) is 64.1. The van der Waals surface area contributed by atoms with Crippen molar-refractivity contribution in [3.8, 4) is 0 Å². The lowest BCUT2D eigenvalue weighted by Gasteiger charge is -2.26. The first-order valence-corrected chi connectivity index (χ1v) is 12.3. The number of rotatable bonds is 17. The van der Waals surface area contributed by atoms with Gasteiger partial charge < -0.3 is 43.4 Å². The van der Waals surface area contributed by atoms with E-state index in [1.54, 1.807) is 13.8 Å². The van der Waals surface area contributed by atoms with Crippen LogP contribution in [0.1, 0.15) is 39.5 Å². The Balaban J connectivity index is 5.36. The van der Waals surface area contributed by atoms with Gasteiger partial charge in [0, 0.05) is 6.54 Å². The minimum absolute atomic E-state index is 0.0627. The van der Waals surface area contributed by atoms with Crippen LogP contribution < -0.4 is 33.2 Å². The maximum absolute atomic E-state index is 12.9. The number of amides is 3. The summed E-state index contributed by atoms with van der Waals surface area (Å²) in [5, 5.41) is 25.7. The fourth-order valence-electron chi connectivity index (χ4n) is 2.88.